The highest BCUT2D eigenvalue weighted by molar-refractivity contribution is 6.32. The lowest BCUT2D eigenvalue weighted by molar-refractivity contribution is 0.371. The van der Waals surface area contributed by atoms with Crippen LogP contribution in [0.4, 0.5) is 11.6 Å². The number of rotatable bonds is 8. The van der Waals surface area contributed by atoms with Gasteiger partial charge >= 0.3 is 6.01 Å². The van der Waals surface area contributed by atoms with Crippen molar-refractivity contribution in [3.8, 4) is 34.4 Å². The average molecular weight is 480 g/mol. The Balaban J connectivity index is 1.62. The second-order valence-electron chi connectivity index (χ2n) is 7.88. The average Bonchev–Trinajstić information content (AvgIpc) is 3.22. The van der Waals surface area contributed by atoms with Crippen LogP contribution in [0.2, 0.25) is 5.02 Å². The molecule has 0 radical (unpaired) electrons. The zero-order valence-corrected chi connectivity index (χ0v) is 20.4. The number of anilines is 2. The summed E-state index contributed by atoms with van der Waals surface area (Å²) in [6.45, 7) is 5.95. The Labute approximate surface area is 203 Å². The molecular formula is C25H26ClN5O3. The third-order valence-corrected chi connectivity index (χ3v) is 5.41. The van der Waals surface area contributed by atoms with E-state index in [4.69, 9.17) is 25.8 Å². The molecule has 0 aliphatic heterocycles. The highest BCUT2D eigenvalue weighted by atomic mass is 35.5. The lowest BCUT2D eigenvalue weighted by atomic mass is 10.0. The molecule has 4 rings (SSSR count). The fourth-order valence-corrected chi connectivity index (χ4v) is 3.56. The summed E-state index contributed by atoms with van der Waals surface area (Å²) in [4.78, 5) is 8.80. The van der Waals surface area contributed by atoms with Gasteiger partial charge in [-0.05, 0) is 62.7 Å². The Bertz CT molecular complexity index is 1310. The van der Waals surface area contributed by atoms with Gasteiger partial charge in [-0.15, -0.1) is 5.10 Å². The smallest absolute Gasteiger partial charge is 0.322 e. The fourth-order valence-electron chi connectivity index (χ4n) is 3.40. The van der Waals surface area contributed by atoms with E-state index in [1.165, 1.54) is 0 Å². The van der Waals surface area contributed by atoms with Gasteiger partial charge in [0.1, 0.15) is 11.5 Å². The molecule has 0 saturated heterocycles. The molecule has 0 unspecified atom stereocenters. The lowest BCUT2D eigenvalue weighted by Crippen LogP contribution is -2.05. The first-order valence-corrected chi connectivity index (χ1v) is 11.1. The maximum Gasteiger partial charge on any atom is 0.322 e. The Morgan fingerprint density at radius 3 is 2.50 bits per heavy atom. The SMILES string of the molecule is COc1ccc(Cl)c(Oc2nc(Nc3ccc(-c4ccnc(C)c4)c(OC)c3)nn2C(C)C)c1. The number of benzene rings is 2. The van der Waals surface area contributed by atoms with Crippen LogP contribution in [0.3, 0.4) is 0 Å². The van der Waals surface area contributed by atoms with Crippen LogP contribution in [0.5, 0.6) is 23.3 Å². The molecule has 0 bridgehead atoms. The minimum absolute atomic E-state index is 0.00859. The number of aryl methyl sites for hydroxylation is 1. The van der Waals surface area contributed by atoms with Gasteiger partial charge in [-0.2, -0.15) is 4.98 Å². The number of nitrogens with zero attached hydrogens (tertiary/aromatic N) is 4. The van der Waals surface area contributed by atoms with Crippen molar-refractivity contribution in [2.45, 2.75) is 26.8 Å². The summed E-state index contributed by atoms with van der Waals surface area (Å²) in [5, 5.41) is 8.25. The predicted octanol–water partition coefficient (Wildman–Crippen LogP) is 6.44. The molecule has 0 aliphatic rings. The van der Waals surface area contributed by atoms with Gasteiger partial charge in [0.25, 0.3) is 0 Å². The van der Waals surface area contributed by atoms with Crippen molar-refractivity contribution in [2.75, 3.05) is 19.5 Å². The van der Waals surface area contributed by atoms with Crippen LogP contribution in [0.1, 0.15) is 25.6 Å². The minimum atomic E-state index is 0.00859. The summed E-state index contributed by atoms with van der Waals surface area (Å²) in [5.41, 5.74) is 3.71. The lowest BCUT2D eigenvalue weighted by Gasteiger charge is -2.11. The third-order valence-electron chi connectivity index (χ3n) is 5.09. The van der Waals surface area contributed by atoms with Gasteiger partial charge in [-0.1, -0.05) is 11.6 Å². The molecule has 0 spiro atoms. The maximum atomic E-state index is 6.31. The normalized spacial score (nSPS) is 10.9. The van der Waals surface area contributed by atoms with Gasteiger partial charge in [0.2, 0.25) is 5.95 Å². The van der Waals surface area contributed by atoms with Crippen molar-refractivity contribution >= 4 is 23.2 Å². The molecule has 4 aromatic rings. The van der Waals surface area contributed by atoms with E-state index in [1.807, 2.05) is 51.1 Å². The van der Waals surface area contributed by atoms with Crippen LogP contribution >= 0.6 is 11.6 Å². The van der Waals surface area contributed by atoms with Crippen LogP contribution in [0, 0.1) is 6.92 Å². The summed E-state index contributed by atoms with van der Waals surface area (Å²) in [5.74, 6) is 2.17. The van der Waals surface area contributed by atoms with Crippen molar-refractivity contribution in [1.82, 2.24) is 19.7 Å². The van der Waals surface area contributed by atoms with Crippen LogP contribution < -0.4 is 19.5 Å². The van der Waals surface area contributed by atoms with Crippen molar-refractivity contribution in [1.29, 1.82) is 0 Å². The summed E-state index contributed by atoms with van der Waals surface area (Å²) < 4.78 is 18.6. The number of pyridine rings is 1. The van der Waals surface area contributed by atoms with Crippen LogP contribution in [0.15, 0.2) is 54.7 Å². The molecule has 9 heteroatoms. The molecule has 0 aliphatic carbocycles. The van der Waals surface area contributed by atoms with Gasteiger partial charge in [-0.3, -0.25) is 4.98 Å². The summed E-state index contributed by atoms with van der Waals surface area (Å²) in [7, 11) is 3.23. The first-order chi connectivity index (χ1) is 16.4. The maximum absolute atomic E-state index is 6.31. The number of ether oxygens (including phenoxy) is 3. The molecule has 0 fully saturated rings. The molecular weight excluding hydrogens is 454 g/mol. The summed E-state index contributed by atoms with van der Waals surface area (Å²) in [6, 6.07) is 15.3. The molecule has 0 amide bonds. The van der Waals surface area contributed by atoms with Gasteiger partial charge < -0.3 is 19.5 Å². The van der Waals surface area contributed by atoms with E-state index in [9.17, 15) is 0 Å². The fraction of sp³-hybridized carbons (Fsp3) is 0.240. The first kappa shape index (κ1) is 23.4. The Kier molecular flexibility index (Phi) is 6.88. The van der Waals surface area contributed by atoms with Crippen LogP contribution in [0.25, 0.3) is 11.1 Å². The highest BCUT2D eigenvalue weighted by Gasteiger charge is 2.17. The second kappa shape index (κ2) is 10.0. The van der Waals surface area contributed by atoms with Crippen molar-refractivity contribution < 1.29 is 14.2 Å². The van der Waals surface area contributed by atoms with E-state index in [0.717, 1.165) is 28.3 Å². The number of nitrogens with one attached hydrogen (secondary N) is 1. The number of hydrogen-bond acceptors (Lipinski definition) is 7. The number of hydrogen-bond donors (Lipinski definition) is 1. The minimum Gasteiger partial charge on any atom is -0.497 e. The molecule has 8 nitrogen and oxygen atoms in total. The largest absolute Gasteiger partial charge is 0.497 e. The van der Waals surface area contributed by atoms with Crippen LogP contribution in [-0.4, -0.2) is 34.0 Å². The van der Waals surface area contributed by atoms with Gasteiger partial charge in [0, 0.05) is 35.3 Å². The number of aromatic nitrogens is 4. The number of methoxy groups -OCH3 is 2. The molecule has 1 N–H and O–H groups in total. The van der Waals surface area contributed by atoms with E-state index >= 15 is 0 Å². The second-order valence-corrected chi connectivity index (χ2v) is 8.29. The quantitative estimate of drug-likeness (QED) is 0.311. The van der Waals surface area contributed by atoms with E-state index in [1.54, 1.807) is 43.3 Å². The summed E-state index contributed by atoms with van der Waals surface area (Å²) >= 11 is 6.31. The van der Waals surface area contributed by atoms with Gasteiger partial charge in [0.05, 0.1) is 25.3 Å². The van der Waals surface area contributed by atoms with E-state index in [0.29, 0.717) is 28.5 Å². The predicted molar refractivity (Wildman–Crippen MR) is 133 cm³/mol. The molecule has 0 atom stereocenters. The molecule has 176 valence electrons. The number of halogens is 1. The van der Waals surface area contributed by atoms with Gasteiger partial charge in [0.15, 0.2) is 5.75 Å². The topological polar surface area (TPSA) is 83.3 Å². The first-order valence-electron chi connectivity index (χ1n) is 10.7. The molecule has 2 heterocycles. The zero-order valence-electron chi connectivity index (χ0n) is 19.7. The zero-order chi connectivity index (χ0) is 24.2. The van der Waals surface area contributed by atoms with Gasteiger partial charge in [-0.25, -0.2) is 4.68 Å². The van der Waals surface area contributed by atoms with Crippen molar-refractivity contribution in [2.24, 2.45) is 0 Å². The van der Waals surface area contributed by atoms with Crippen LogP contribution in [-0.2, 0) is 0 Å². The molecule has 2 aromatic carbocycles. The molecule has 0 saturated carbocycles. The Morgan fingerprint density at radius 1 is 0.971 bits per heavy atom. The van der Waals surface area contributed by atoms with E-state index < -0.39 is 0 Å². The Morgan fingerprint density at radius 2 is 1.79 bits per heavy atom. The summed E-state index contributed by atoms with van der Waals surface area (Å²) in [6.07, 6.45) is 1.79. The highest BCUT2D eigenvalue weighted by Crippen LogP contribution is 2.35. The third kappa shape index (κ3) is 5.07. The Hall–Kier alpha value is -3.78. The molecule has 2 aromatic heterocycles. The van der Waals surface area contributed by atoms with Crippen molar-refractivity contribution in [3.05, 3.63) is 65.4 Å². The monoisotopic (exact) mass is 479 g/mol. The van der Waals surface area contributed by atoms with E-state index in [-0.39, 0.29) is 6.04 Å². The standard InChI is InChI=1S/C25H26ClN5O3/c1-15(2)31-25(34-23-14-19(32-4)7-9-21(23)26)29-24(30-31)28-18-6-8-20(22(13-18)33-5)17-10-11-27-16(3)12-17/h6-15H,1-5H3,(H,28,30). The van der Waals surface area contributed by atoms with Crippen molar-refractivity contribution in [3.63, 3.8) is 0 Å². The van der Waals surface area contributed by atoms with E-state index in [2.05, 4.69) is 20.4 Å². The molecule has 34 heavy (non-hydrogen) atoms.